The fourth-order valence-electron chi connectivity index (χ4n) is 8.52. The Hall–Kier alpha value is -6.93. The summed E-state index contributed by atoms with van der Waals surface area (Å²) >= 11 is 0. The third-order valence-corrected chi connectivity index (χ3v) is 13.2. The number of benzene rings is 1. The summed E-state index contributed by atoms with van der Waals surface area (Å²) in [5.41, 5.74) is 29.6. The van der Waals surface area contributed by atoms with E-state index >= 15 is 0 Å². The van der Waals surface area contributed by atoms with Crippen molar-refractivity contribution < 1.29 is 68.1 Å². The van der Waals surface area contributed by atoms with E-state index in [0.717, 1.165) is 19.3 Å². The Labute approximate surface area is 477 Å². The minimum atomic E-state index is -1.77. The monoisotopic (exact) mass is 1160 g/mol. The Kier molecular flexibility index (Phi) is 32.9. The van der Waals surface area contributed by atoms with Crippen molar-refractivity contribution in [3.8, 4) is 0 Å². The summed E-state index contributed by atoms with van der Waals surface area (Å²) in [7, 11) is 0. The van der Waals surface area contributed by atoms with Gasteiger partial charge in [0.1, 0.15) is 60.4 Å². The lowest BCUT2D eigenvalue weighted by Crippen LogP contribution is -2.62. The number of hydrogen-bond acceptors (Lipinski definition) is 19. The van der Waals surface area contributed by atoms with Crippen LogP contribution < -0.4 is 87.2 Å². The van der Waals surface area contributed by atoms with Crippen LogP contribution in [0.5, 0.6) is 0 Å². The van der Waals surface area contributed by atoms with Crippen molar-refractivity contribution >= 4 is 65.0 Å². The number of unbranched alkanes of at least 4 members (excludes halogenated alkanes) is 3. The Morgan fingerprint density at radius 3 is 1.52 bits per heavy atom. The van der Waals surface area contributed by atoms with Gasteiger partial charge in [-0.25, -0.2) is 0 Å². The highest BCUT2D eigenvalue weighted by atomic mass is 16.3. The first-order chi connectivity index (χ1) is 39.0. The second-order valence-corrected chi connectivity index (χ2v) is 20.1. The molecule has 2 rings (SSSR count). The normalized spacial score (nSPS) is 23.2. The number of aliphatic hydroxyl groups is 3. The van der Waals surface area contributed by atoms with Crippen LogP contribution in [0.25, 0.3) is 0 Å². The van der Waals surface area contributed by atoms with Crippen LogP contribution in [0.3, 0.4) is 0 Å². The second-order valence-electron chi connectivity index (χ2n) is 20.1. The number of carbonyl (C=O) groups is 11. The molecule has 82 heavy (non-hydrogen) atoms. The van der Waals surface area contributed by atoms with Crippen LogP contribution in [0.1, 0.15) is 104 Å². The van der Waals surface area contributed by atoms with E-state index in [1.165, 1.54) is 20.8 Å². The molecule has 30 heteroatoms. The van der Waals surface area contributed by atoms with Crippen LogP contribution >= 0.6 is 0 Å². The number of nitrogens with one attached hydrogen (secondary N) is 11. The van der Waals surface area contributed by atoms with Crippen LogP contribution in [-0.4, -0.2) is 198 Å². The predicted octanol–water partition coefficient (Wildman–Crippen LogP) is -7.55. The van der Waals surface area contributed by atoms with Gasteiger partial charge in [-0.3, -0.25) is 52.7 Å². The van der Waals surface area contributed by atoms with E-state index < -0.39 is 157 Å². The van der Waals surface area contributed by atoms with Crippen LogP contribution in [-0.2, 0) is 59.2 Å². The molecule has 0 saturated carbocycles. The van der Waals surface area contributed by atoms with Crippen molar-refractivity contribution in [1.82, 2.24) is 58.5 Å². The van der Waals surface area contributed by atoms with E-state index in [0.29, 0.717) is 12.0 Å². The maximum Gasteiger partial charge on any atom is 0.245 e. The molecule has 462 valence electrons. The van der Waals surface area contributed by atoms with Gasteiger partial charge in [0.05, 0.1) is 18.3 Å². The molecular weight excluding hydrogens is 1070 g/mol. The zero-order chi connectivity index (χ0) is 61.5. The quantitative estimate of drug-likeness (QED) is 0.0364. The highest BCUT2D eigenvalue weighted by Gasteiger charge is 2.38. The molecule has 1 aromatic rings. The first-order valence-corrected chi connectivity index (χ1v) is 27.9. The van der Waals surface area contributed by atoms with Crippen molar-refractivity contribution in [1.29, 1.82) is 0 Å². The Bertz CT molecular complexity index is 2250. The van der Waals surface area contributed by atoms with E-state index in [9.17, 15) is 68.1 Å². The van der Waals surface area contributed by atoms with Crippen LogP contribution in [0.2, 0.25) is 0 Å². The molecule has 0 radical (unpaired) electrons. The van der Waals surface area contributed by atoms with Gasteiger partial charge in [0.2, 0.25) is 65.0 Å². The summed E-state index contributed by atoms with van der Waals surface area (Å²) in [6.45, 7) is 4.22. The number of hydrogen-bond donors (Lipinski definition) is 19. The Morgan fingerprint density at radius 1 is 0.549 bits per heavy atom. The average Bonchev–Trinajstić information content (AvgIpc) is 3.43. The Morgan fingerprint density at radius 2 is 1.02 bits per heavy atom. The average molecular weight is 1160 g/mol. The molecule has 1 fully saturated rings. The molecule has 1 aromatic carbocycles. The van der Waals surface area contributed by atoms with Crippen LogP contribution in [0.15, 0.2) is 30.3 Å². The number of aliphatic hydroxyl groups excluding tert-OH is 3. The van der Waals surface area contributed by atoms with Gasteiger partial charge in [0.15, 0.2) is 0 Å². The summed E-state index contributed by atoms with van der Waals surface area (Å²) in [5.74, 6) is -10.5. The third-order valence-electron chi connectivity index (χ3n) is 13.2. The molecule has 0 aliphatic carbocycles. The fourth-order valence-corrected chi connectivity index (χ4v) is 8.52. The maximum atomic E-state index is 14.5. The van der Waals surface area contributed by atoms with Crippen molar-refractivity contribution in [2.45, 2.75) is 183 Å². The van der Waals surface area contributed by atoms with Crippen molar-refractivity contribution in [3.63, 3.8) is 0 Å². The molecule has 0 spiro atoms. The molecule has 1 aliphatic heterocycles. The molecule has 13 atom stereocenters. The van der Waals surface area contributed by atoms with E-state index in [2.05, 4.69) is 58.5 Å². The van der Waals surface area contributed by atoms with Gasteiger partial charge in [0, 0.05) is 19.4 Å². The van der Waals surface area contributed by atoms with Gasteiger partial charge in [0.25, 0.3) is 0 Å². The van der Waals surface area contributed by atoms with Crippen LogP contribution in [0.4, 0.5) is 0 Å². The van der Waals surface area contributed by atoms with Crippen molar-refractivity contribution in [3.05, 3.63) is 35.9 Å². The molecule has 0 unspecified atom stereocenters. The topological polar surface area (TPSA) is 511 Å². The molecule has 1 aliphatic rings. The van der Waals surface area contributed by atoms with Crippen molar-refractivity contribution in [2.75, 3.05) is 39.3 Å². The molecular formula is C52H90N16O14. The van der Waals surface area contributed by atoms with E-state index in [-0.39, 0.29) is 77.7 Å². The summed E-state index contributed by atoms with van der Waals surface area (Å²) < 4.78 is 0. The highest BCUT2D eigenvalue weighted by molar-refractivity contribution is 5.99. The molecule has 0 bridgehead atoms. The van der Waals surface area contributed by atoms with Gasteiger partial charge >= 0.3 is 0 Å². The van der Waals surface area contributed by atoms with Gasteiger partial charge in [-0.2, -0.15) is 0 Å². The predicted molar refractivity (Wildman–Crippen MR) is 299 cm³/mol. The zero-order valence-electron chi connectivity index (χ0n) is 47.3. The van der Waals surface area contributed by atoms with E-state index in [4.69, 9.17) is 28.7 Å². The van der Waals surface area contributed by atoms with E-state index in [1.807, 2.05) is 6.92 Å². The summed E-state index contributed by atoms with van der Waals surface area (Å²) in [6.07, 6.45) is -3.13. The van der Waals surface area contributed by atoms with Gasteiger partial charge in [-0.1, -0.05) is 56.5 Å². The van der Waals surface area contributed by atoms with E-state index in [1.54, 1.807) is 30.3 Å². The third kappa shape index (κ3) is 24.7. The van der Waals surface area contributed by atoms with Gasteiger partial charge in [-0.05, 0) is 104 Å². The van der Waals surface area contributed by atoms with Gasteiger partial charge in [-0.15, -0.1) is 0 Å². The Balaban J connectivity index is 2.68. The maximum absolute atomic E-state index is 14.5. The largest absolute Gasteiger partial charge is 0.391 e. The fraction of sp³-hybridized carbons (Fsp3) is 0.673. The SMILES string of the molecule is CCCCCCC(=O)N[C@@H](CCN)C(=O)N[C@H](C(=O)N[C@@H](CCN)C(=O)N[C@H]1CCNC(=O)[C@H]([C@@H](C)O)NC(=O)[C@H](CCN)NC(=O)[C@H](CCN)NC(=O)[C@H]([C@@H](C)O)NC(=O)[C@H](Cc2ccccc2)NC(=O)[C@H](CCN)NC1=O)[C@@H](C)O. The molecule has 1 heterocycles. The number of carbonyl (C=O) groups excluding carboxylic acids is 11. The van der Waals surface area contributed by atoms with Gasteiger partial charge < -0.3 is 102 Å². The molecule has 30 nitrogen and oxygen atoms in total. The van der Waals surface area contributed by atoms with Crippen LogP contribution in [0, 0.1) is 0 Å². The molecule has 1 saturated heterocycles. The number of rotatable bonds is 27. The molecule has 24 N–H and O–H groups in total. The first-order valence-electron chi connectivity index (χ1n) is 27.9. The number of amides is 11. The number of nitrogens with two attached hydrogens (primary N) is 5. The lowest BCUT2D eigenvalue weighted by atomic mass is 10.0. The lowest BCUT2D eigenvalue weighted by molar-refractivity contribution is -0.137. The summed E-state index contributed by atoms with van der Waals surface area (Å²) in [4.78, 5) is 152. The summed E-state index contributed by atoms with van der Waals surface area (Å²) in [5, 5.41) is 59.5. The highest BCUT2D eigenvalue weighted by Crippen LogP contribution is 2.10. The first kappa shape index (κ1) is 71.2. The minimum Gasteiger partial charge on any atom is -0.391 e. The van der Waals surface area contributed by atoms with Crippen molar-refractivity contribution in [2.24, 2.45) is 28.7 Å². The lowest BCUT2D eigenvalue weighted by Gasteiger charge is -2.29. The molecule has 0 aromatic heterocycles. The standard InChI is InChI=1S/C52H90N16O14/c1-5-6-7-11-14-39(72)59-32(15-21-53)47(77)67-41(29(3)70)51(81)64-35(18-24-56)44(74)62-37-20-26-58-50(80)40(28(2)69)66-48(78)36(19-25-57)61-43(73)34(17-23-55)63-52(82)42(30(4)71)68-49(79)38(27-31-12-9-8-10-13-31)65-45(75)33(16-22-54)60-46(37)76/h8-10,12-13,28-30,32-38,40-42,69-71H,5-7,11,14-27,53-57H2,1-4H3,(H,58,80)(H,59,72)(H,60,76)(H,61,73)(H,62,74)(H,63,82)(H,64,81)(H,65,75)(H,66,78)(H,67,77)(H,68,79)/t28-,29-,30-,32+,33+,34+,35+,36+,37+,38+,40+,41+,42+/m1/s1. The summed E-state index contributed by atoms with van der Waals surface area (Å²) in [6, 6.07) is -7.34. The zero-order valence-corrected chi connectivity index (χ0v) is 47.3. The smallest absolute Gasteiger partial charge is 0.245 e. The minimum absolute atomic E-state index is 0.0236. The molecule has 11 amide bonds. The second kappa shape index (κ2) is 38.0.